The van der Waals surface area contributed by atoms with E-state index in [4.69, 9.17) is 5.11 Å². The Bertz CT molecular complexity index is 123. The molecule has 3 N–H and O–H groups in total. The Kier molecular flexibility index (Phi) is 6.29. The molecule has 13 heavy (non-hydrogen) atoms. The van der Waals surface area contributed by atoms with E-state index >= 15 is 0 Å². The van der Waals surface area contributed by atoms with Crippen molar-refractivity contribution in [2.24, 2.45) is 0 Å². The van der Waals surface area contributed by atoms with Crippen molar-refractivity contribution in [2.45, 2.75) is 57.7 Å². The van der Waals surface area contributed by atoms with Crippen molar-refractivity contribution in [1.82, 2.24) is 0 Å². The maximum Gasteiger partial charge on any atom is 0.105 e. The van der Waals surface area contributed by atoms with Gasteiger partial charge >= 0.3 is 0 Å². The Morgan fingerprint density at radius 1 is 1.23 bits per heavy atom. The van der Waals surface area contributed by atoms with Crippen molar-refractivity contribution >= 4 is 0 Å². The maximum atomic E-state index is 9.67. The molecular formula is C10H22O3. The molecule has 0 heterocycles. The van der Waals surface area contributed by atoms with Crippen LogP contribution in [0.2, 0.25) is 0 Å². The Balaban J connectivity index is 3.62. The summed E-state index contributed by atoms with van der Waals surface area (Å²) in [7, 11) is 0. The zero-order chi connectivity index (χ0) is 10.3. The first-order valence-electron chi connectivity index (χ1n) is 5.06. The average molecular weight is 190 g/mol. The average Bonchev–Trinajstić information content (AvgIpc) is 2.11. The van der Waals surface area contributed by atoms with Gasteiger partial charge in [0, 0.05) is 0 Å². The summed E-state index contributed by atoms with van der Waals surface area (Å²) >= 11 is 0. The monoisotopic (exact) mass is 190 g/mol. The highest BCUT2D eigenvalue weighted by atomic mass is 16.4. The van der Waals surface area contributed by atoms with Crippen LogP contribution < -0.4 is 0 Å². The normalized spacial score (nSPS) is 18.2. The lowest BCUT2D eigenvalue weighted by atomic mass is 9.92. The second-order valence-electron chi connectivity index (χ2n) is 3.87. The van der Waals surface area contributed by atoms with Crippen LogP contribution in [0.1, 0.15) is 46.0 Å². The molecule has 2 atom stereocenters. The Morgan fingerprint density at radius 3 is 2.31 bits per heavy atom. The van der Waals surface area contributed by atoms with Crippen LogP contribution >= 0.6 is 0 Å². The molecule has 2 unspecified atom stereocenters. The molecule has 0 saturated carbocycles. The van der Waals surface area contributed by atoms with Crippen molar-refractivity contribution in [3.05, 3.63) is 0 Å². The van der Waals surface area contributed by atoms with Gasteiger partial charge in [0.15, 0.2) is 0 Å². The Labute approximate surface area is 80.4 Å². The van der Waals surface area contributed by atoms with Gasteiger partial charge in [-0.1, -0.05) is 32.6 Å². The molecule has 0 bridgehead atoms. The third-order valence-corrected chi connectivity index (χ3v) is 2.43. The molecule has 0 aliphatic rings. The number of hydrogen-bond donors (Lipinski definition) is 3. The first-order valence-corrected chi connectivity index (χ1v) is 5.06. The summed E-state index contributed by atoms with van der Waals surface area (Å²) in [5.41, 5.74) is -1.14. The highest BCUT2D eigenvalue weighted by molar-refractivity contribution is 4.80. The van der Waals surface area contributed by atoms with Gasteiger partial charge in [-0.2, -0.15) is 0 Å². The van der Waals surface area contributed by atoms with E-state index in [1.165, 1.54) is 0 Å². The number of aliphatic hydroxyl groups excluding tert-OH is 2. The summed E-state index contributed by atoms with van der Waals surface area (Å²) in [6.07, 6.45) is 3.82. The van der Waals surface area contributed by atoms with Crippen molar-refractivity contribution in [2.75, 3.05) is 6.61 Å². The van der Waals surface area contributed by atoms with Gasteiger partial charge in [0.25, 0.3) is 0 Å². The third kappa shape index (κ3) is 5.24. The lowest BCUT2D eigenvalue weighted by molar-refractivity contribution is -0.0882. The van der Waals surface area contributed by atoms with E-state index in [-0.39, 0.29) is 6.61 Å². The molecule has 0 aromatic heterocycles. The quantitative estimate of drug-likeness (QED) is 0.526. The molecular weight excluding hydrogens is 168 g/mol. The summed E-state index contributed by atoms with van der Waals surface area (Å²) in [6.45, 7) is 3.32. The molecule has 3 heteroatoms. The molecule has 0 aromatic rings. The van der Waals surface area contributed by atoms with Gasteiger partial charge in [-0.15, -0.1) is 0 Å². The van der Waals surface area contributed by atoms with Crippen LogP contribution in [0.5, 0.6) is 0 Å². The molecule has 0 saturated heterocycles. The van der Waals surface area contributed by atoms with Crippen LogP contribution in [0, 0.1) is 0 Å². The highest BCUT2D eigenvalue weighted by Gasteiger charge is 2.28. The largest absolute Gasteiger partial charge is 0.394 e. The van der Waals surface area contributed by atoms with E-state index in [1.807, 2.05) is 0 Å². The first-order chi connectivity index (χ1) is 6.04. The lowest BCUT2D eigenvalue weighted by Gasteiger charge is -2.27. The molecule has 0 radical (unpaired) electrons. The second-order valence-corrected chi connectivity index (χ2v) is 3.87. The van der Waals surface area contributed by atoms with E-state index in [9.17, 15) is 10.2 Å². The lowest BCUT2D eigenvalue weighted by Crippen LogP contribution is -2.41. The Hall–Kier alpha value is -0.120. The smallest absolute Gasteiger partial charge is 0.105 e. The summed E-state index contributed by atoms with van der Waals surface area (Å²) in [5.74, 6) is 0. The third-order valence-electron chi connectivity index (χ3n) is 2.43. The number of aliphatic hydroxyl groups is 3. The molecule has 0 aliphatic carbocycles. The fourth-order valence-electron chi connectivity index (χ4n) is 1.27. The van der Waals surface area contributed by atoms with Gasteiger partial charge in [0.2, 0.25) is 0 Å². The number of hydrogen-bond acceptors (Lipinski definition) is 3. The van der Waals surface area contributed by atoms with Crippen LogP contribution in [-0.2, 0) is 0 Å². The fourth-order valence-corrected chi connectivity index (χ4v) is 1.27. The van der Waals surface area contributed by atoms with E-state index in [0.717, 1.165) is 25.7 Å². The predicted octanol–water partition coefficient (Wildman–Crippen LogP) is 1.06. The minimum Gasteiger partial charge on any atom is -0.394 e. The first kappa shape index (κ1) is 12.9. The van der Waals surface area contributed by atoms with E-state index in [1.54, 1.807) is 6.92 Å². The minimum absolute atomic E-state index is 0.374. The van der Waals surface area contributed by atoms with Crippen LogP contribution in [0.25, 0.3) is 0 Å². The summed E-state index contributed by atoms with van der Waals surface area (Å²) in [6, 6.07) is 0. The summed E-state index contributed by atoms with van der Waals surface area (Å²) in [4.78, 5) is 0. The van der Waals surface area contributed by atoms with Crippen LogP contribution in [0.3, 0.4) is 0 Å². The number of rotatable bonds is 7. The molecule has 0 amide bonds. The Morgan fingerprint density at radius 2 is 1.85 bits per heavy atom. The van der Waals surface area contributed by atoms with Crippen molar-refractivity contribution in [1.29, 1.82) is 0 Å². The van der Waals surface area contributed by atoms with E-state index < -0.39 is 11.7 Å². The van der Waals surface area contributed by atoms with Crippen molar-refractivity contribution in [3.63, 3.8) is 0 Å². The number of unbranched alkanes of at least 4 members (excludes halogenated alkanes) is 3. The van der Waals surface area contributed by atoms with E-state index in [2.05, 4.69) is 6.92 Å². The zero-order valence-electron chi connectivity index (χ0n) is 8.66. The van der Waals surface area contributed by atoms with Gasteiger partial charge in [-0.3, -0.25) is 0 Å². The maximum absolute atomic E-state index is 9.67. The predicted molar refractivity (Wildman–Crippen MR) is 52.5 cm³/mol. The zero-order valence-corrected chi connectivity index (χ0v) is 8.66. The molecule has 0 rings (SSSR count). The molecule has 3 nitrogen and oxygen atoms in total. The van der Waals surface area contributed by atoms with Crippen molar-refractivity contribution in [3.8, 4) is 0 Å². The molecule has 0 fully saturated rings. The SMILES string of the molecule is CCCCCCC(C)(O)C(O)CO. The molecule has 0 aliphatic heterocycles. The molecule has 80 valence electrons. The van der Waals surface area contributed by atoms with Gasteiger partial charge in [-0.25, -0.2) is 0 Å². The molecule has 0 aromatic carbocycles. The van der Waals surface area contributed by atoms with Gasteiger partial charge in [0.05, 0.1) is 12.2 Å². The minimum atomic E-state index is -1.14. The summed E-state index contributed by atoms with van der Waals surface area (Å²) in [5, 5.41) is 27.6. The fraction of sp³-hybridized carbons (Fsp3) is 1.00. The molecule has 0 spiro atoms. The van der Waals surface area contributed by atoms with Crippen LogP contribution in [0.15, 0.2) is 0 Å². The standard InChI is InChI=1S/C10H22O3/c1-3-4-5-6-7-10(2,13)9(12)8-11/h9,11-13H,3-8H2,1-2H3. The van der Waals surface area contributed by atoms with Crippen molar-refractivity contribution < 1.29 is 15.3 Å². The van der Waals surface area contributed by atoms with Gasteiger partial charge < -0.3 is 15.3 Å². The van der Waals surface area contributed by atoms with Gasteiger partial charge in [-0.05, 0) is 13.3 Å². The van der Waals surface area contributed by atoms with Crippen LogP contribution in [-0.4, -0.2) is 33.6 Å². The summed E-state index contributed by atoms with van der Waals surface area (Å²) < 4.78 is 0. The van der Waals surface area contributed by atoms with Crippen LogP contribution in [0.4, 0.5) is 0 Å². The highest BCUT2D eigenvalue weighted by Crippen LogP contribution is 2.18. The topological polar surface area (TPSA) is 60.7 Å². The van der Waals surface area contributed by atoms with Gasteiger partial charge in [0.1, 0.15) is 6.10 Å². The second kappa shape index (κ2) is 6.35. The van der Waals surface area contributed by atoms with E-state index in [0.29, 0.717) is 6.42 Å².